The van der Waals surface area contributed by atoms with Crippen LogP contribution in [0.2, 0.25) is 0 Å². The standard InChI is InChI=1S/C17H27NO3/c1-13(18-15(19)21-16(2,3)4)12-20-17(5,6)14-10-8-7-9-11-14/h7-11,13H,12H2,1-6H3,(H,18,19). The van der Waals surface area contributed by atoms with Crippen molar-refractivity contribution in [2.75, 3.05) is 6.61 Å². The summed E-state index contributed by atoms with van der Waals surface area (Å²) in [7, 11) is 0. The topological polar surface area (TPSA) is 47.6 Å². The van der Waals surface area contributed by atoms with Crippen LogP contribution in [-0.4, -0.2) is 24.3 Å². The van der Waals surface area contributed by atoms with E-state index in [1.165, 1.54) is 0 Å². The van der Waals surface area contributed by atoms with Crippen molar-refractivity contribution in [1.82, 2.24) is 5.32 Å². The van der Waals surface area contributed by atoms with Gasteiger partial charge in [0.25, 0.3) is 0 Å². The lowest BCUT2D eigenvalue weighted by atomic mass is 9.98. The van der Waals surface area contributed by atoms with Crippen LogP contribution in [0.15, 0.2) is 30.3 Å². The Bertz CT molecular complexity index is 449. The van der Waals surface area contributed by atoms with Gasteiger partial charge in [-0.15, -0.1) is 0 Å². The minimum Gasteiger partial charge on any atom is -0.444 e. The van der Waals surface area contributed by atoms with Gasteiger partial charge in [0.15, 0.2) is 0 Å². The van der Waals surface area contributed by atoms with E-state index in [0.717, 1.165) is 5.56 Å². The van der Waals surface area contributed by atoms with E-state index in [0.29, 0.717) is 6.61 Å². The summed E-state index contributed by atoms with van der Waals surface area (Å²) in [6, 6.07) is 9.90. The van der Waals surface area contributed by atoms with Crippen LogP contribution in [-0.2, 0) is 15.1 Å². The second-order valence-electron chi connectivity index (χ2n) is 6.73. The fourth-order valence-electron chi connectivity index (χ4n) is 1.81. The Morgan fingerprint density at radius 3 is 2.24 bits per heavy atom. The molecule has 21 heavy (non-hydrogen) atoms. The number of carbonyl (C=O) groups excluding carboxylic acids is 1. The number of ether oxygens (including phenoxy) is 2. The second kappa shape index (κ2) is 6.94. The number of nitrogens with one attached hydrogen (secondary N) is 1. The molecule has 1 aromatic rings. The Hall–Kier alpha value is -1.55. The molecule has 4 nitrogen and oxygen atoms in total. The van der Waals surface area contributed by atoms with E-state index in [1.54, 1.807) is 0 Å². The highest BCUT2D eigenvalue weighted by Gasteiger charge is 2.23. The predicted molar refractivity (Wildman–Crippen MR) is 84.3 cm³/mol. The van der Waals surface area contributed by atoms with E-state index in [-0.39, 0.29) is 6.04 Å². The van der Waals surface area contributed by atoms with Crippen molar-refractivity contribution in [1.29, 1.82) is 0 Å². The lowest BCUT2D eigenvalue weighted by Gasteiger charge is -2.28. The van der Waals surface area contributed by atoms with Gasteiger partial charge in [-0.05, 0) is 47.1 Å². The van der Waals surface area contributed by atoms with Gasteiger partial charge in [-0.2, -0.15) is 0 Å². The first-order valence-corrected chi connectivity index (χ1v) is 7.29. The van der Waals surface area contributed by atoms with Crippen LogP contribution >= 0.6 is 0 Å². The first kappa shape index (κ1) is 17.5. The molecule has 0 heterocycles. The molecule has 1 amide bonds. The van der Waals surface area contributed by atoms with Gasteiger partial charge in [-0.25, -0.2) is 4.79 Å². The summed E-state index contributed by atoms with van der Waals surface area (Å²) in [6.45, 7) is 11.9. The third-order valence-corrected chi connectivity index (χ3v) is 2.93. The van der Waals surface area contributed by atoms with Crippen molar-refractivity contribution in [2.45, 2.75) is 58.8 Å². The molecular formula is C17H27NO3. The lowest BCUT2D eigenvalue weighted by Crippen LogP contribution is -2.41. The van der Waals surface area contributed by atoms with Gasteiger partial charge in [0.05, 0.1) is 18.2 Å². The molecule has 1 aromatic carbocycles. The molecule has 1 rings (SSSR count). The van der Waals surface area contributed by atoms with Crippen LogP contribution in [0.3, 0.4) is 0 Å². The molecule has 0 aliphatic rings. The highest BCUT2D eigenvalue weighted by atomic mass is 16.6. The minimum atomic E-state index is -0.492. The number of rotatable bonds is 5. The molecule has 0 saturated carbocycles. The van der Waals surface area contributed by atoms with Crippen LogP contribution < -0.4 is 5.32 Å². The van der Waals surface area contributed by atoms with Gasteiger partial charge >= 0.3 is 6.09 Å². The van der Waals surface area contributed by atoms with Crippen molar-refractivity contribution in [2.24, 2.45) is 0 Å². The molecule has 4 heteroatoms. The van der Waals surface area contributed by atoms with Crippen molar-refractivity contribution in [3.05, 3.63) is 35.9 Å². The summed E-state index contributed by atoms with van der Waals surface area (Å²) in [5.41, 5.74) is 0.216. The maximum atomic E-state index is 11.7. The summed E-state index contributed by atoms with van der Waals surface area (Å²) in [5.74, 6) is 0. The predicted octanol–water partition coefficient (Wildman–Crippen LogP) is 3.85. The van der Waals surface area contributed by atoms with Gasteiger partial charge in [0.1, 0.15) is 5.60 Å². The summed E-state index contributed by atoms with van der Waals surface area (Å²) >= 11 is 0. The van der Waals surface area contributed by atoms with E-state index in [2.05, 4.69) is 5.32 Å². The Labute approximate surface area is 127 Å². The quantitative estimate of drug-likeness (QED) is 0.897. The molecule has 0 fully saturated rings. The number of carbonyl (C=O) groups is 1. The highest BCUT2D eigenvalue weighted by Crippen LogP contribution is 2.24. The van der Waals surface area contributed by atoms with Crippen molar-refractivity contribution >= 4 is 6.09 Å². The molecule has 0 radical (unpaired) electrons. The molecule has 1 N–H and O–H groups in total. The van der Waals surface area contributed by atoms with Crippen LogP contribution in [0.25, 0.3) is 0 Å². The van der Waals surface area contributed by atoms with Gasteiger partial charge < -0.3 is 14.8 Å². The number of hydrogen-bond donors (Lipinski definition) is 1. The molecule has 0 aliphatic carbocycles. The molecule has 118 valence electrons. The Morgan fingerprint density at radius 2 is 1.71 bits per heavy atom. The average Bonchev–Trinajstić information content (AvgIpc) is 2.35. The van der Waals surface area contributed by atoms with Gasteiger partial charge in [0, 0.05) is 0 Å². The zero-order valence-electron chi connectivity index (χ0n) is 13.9. The molecular weight excluding hydrogens is 266 g/mol. The first-order chi connectivity index (χ1) is 9.60. The molecule has 1 unspecified atom stereocenters. The first-order valence-electron chi connectivity index (χ1n) is 7.29. The minimum absolute atomic E-state index is 0.122. The van der Waals surface area contributed by atoms with E-state index in [1.807, 2.05) is 71.9 Å². The van der Waals surface area contributed by atoms with Gasteiger partial charge in [-0.1, -0.05) is 30.3 Å². The van der Waals surface area contributed by atoms with Crippen molar-refractivity contribution < 1.29 is 14.3 Å². The van der Waals surface area contributed by atoms with E-state index < -0.39 is 17.3 Å². The number of benzene rings is 1. The average molecular weight is 293 g/mol. The normalized spacial score (nSPS) is 13.6. The van der Waals surface area contributed by atoms with Crippen LogP contribution in [0.4, 0.5) is 4.79 Å². The van der Waals surface area contributed by atoms with E-state index in [9.17, 15) is 4.79 Å². The van der Waals surface area contributed by atoms with Crippen LogP contribution in [0.1, 0.15) is 47.1 Å². The fourth-order valence-corrected chi connectivity index (χ4v) is 1.81. The van der Waals surface area contributed by atoms with Crippen LogP contribution in [0, 0.1) is 0 Å². The summed E-state index contributed by atoms with van der Waals surface area (Å²) < 4.78 is 11.2. The fraction of sp³-hybridized carbons (Fsp3) is 0.588. The second-order valence-corrected chi connectivity index (χ2v) is 6.73. The molecule has 0 aliphatic heterocycles. The largest absolute Gasteiger partial charge is 0.444 e. The molecule has 0 saturated heterocycles. The van der Waals surface area contributed by atoms with Crippen LogP contribution in [0.5, 0.6) is 0 Å². The lowest BCUT2D eigenvalue weighted by molar-refractivity contribution is -0.0318. The van der Waals surface area contributed by atoms with Gasteiger partial charge in [-0.3, -0.25) is 0 Å². The Morgan fingerprint density at radius 1 is 1.14 bits per heavy atom. The maximum absolute atomic E-state index is 11.7. The Kier molecular flexibility index (Phi) is 5.78. The van der Waals surface area contributed by atoms with E-state index >= 15 is 0 Å². The zero-order valence-corrected chi connectivity index (χ0v) is 13.9. The van der Waals surface area contributed by atoms with Crippen molar-refractivity contribution in [3.63, 3.8) is 0 Å². The number of amides is 1. The van der Waals surface area contributed by atoms with Gasteiger partial charge in [0.2, 0.25) is 0 Å². The SMILES string of the molecule is CC(COC(C)(C)c1ccccc1)NC(=O)OC(C)(C)C. The Balaban J connectivity index is 2.46. The summed E-state index contributed by atoms with van der Waals surface area (Å²) in [4.78, 5) is 11.7. The monoisotopic (exact) mass is 293 g/mol. The molecule has 1 atom stereocenters. The number of hydrogen-bond acceptors (Lipinski definition) is 3. The third-order valence-electron chi connectivity index (χ3n) is 2.93. The zero-order chi connectivity index (χ0) is 16.1. The molecule has 0 bridgehead atoms. The number of alkyl carbamates (subject to hydrolysis) is 1. The van der Waals surface area contributed by atoms with E-state index in [4.69, 9.17) is 9.47 Å². The molecule has 0 spiro atoms. The highest BCUT2D eigenvalue weighted by molar-refractivity contribution is 5.68. The summed E-state index contributed by atoms with van der Waals surface area (Å²) in [5, 5.41) is 2.77. The smallest absolute Gasteiger partial charge is 0.407 e. The summed E-state index contributed by atoms with van der Waals surface area (Å²) in [6.07, 6.45) is -0.420. The molecule has 0 aromatic heterocycles. The third kappa shape index (κ3) is 6.63. The maximum Gasteiger partial charge on any atom is 0.407 e. The van der Waals surface area contributed by atoms with Crippen molar-refractivity contribution in [3.8, 4) is 0 Å².